The van der Waals surface area contributed by atoms with Crippen LogP contribution in [0.15, 0.2) is 97.7 Å². The van der Waals surface area contributed by atoms with Crippen molar-refractivity contribution >= 4 is 111 Å². The smallest absolute Gasteiger partial charge is 0.326 e. The zero-order valence-corrected chi connectivity index (χ0v) is 67.7. The topological polar surface area (TPSA) is 640 Å². The number of amides is 12. The van der Waals surface area contributed by atoms with Gasteiger partial charge in [0, 0.05) is 92.3 Å². The molecule has 0 unspecified atom stereocenters. The summed E-state index contributed by atoms with van der Waals surface area (Å²) in [4.78, 5) is 203. The Morgan fingerprint density at radius 3 is 1.51 bits per heavy atom. The summed E-state index contributed by atoms with van der Waals surface area (Å²) in [5.41, 5.74) is 19.9. The number of aromatic nitrogens is 4. The zero-order chi connectivity index (χ0) is 87.4. The van der Waals surface area contributed by atoms with E-state index in [0.29, 0.717) is 44.9 Å². The number of aromatic amines is 3. The highest BCUT2D eigenvalue weighted by molar-refractivity contribution is 6.01. The van der Waals surface area contributed by atoms with Crippen molar-refractivity contribution in [2.45, 2.75) is 203 Å². The number of benzene rings is 3. The van der Waals surface area contributed by atoms with E-state index in [0.717, 1.165) is 0 Å². The van der Waals surface area contributed by atoms with Gasteiger partial charge in [0.25, 0.3) is 0 Å². The second kappa shape index (κ2) is 44.7. The second-order valence-electron chi connectivity index (χ2n) is 30.6. The number of nitrogens with one attached hydrogen (secondary N) is 17. The largest absolute Gasteiger partial charge is 0.508 e. The first-order valence-corrected chi connectivity index (χ1v) is 40.1. The van der Waals surface area contributed by atoms with Gasteiger partial charge in [0.15, 0.2) is 11.9 Å². The Morgan fingerprint density at radius 2 is 0.992 bits per heavy atom. The summed E-state index contributed by atoms with van der Waals surface area (Å²) in [5.74, 6) is -13.2. The molecule has 3 aromatic heterocycles. The molecule has 5 heterocycles. The molecule has 2 saturated heterocycles. The van der Waals surface area contributed by atoms with Crippen LogP contribution >= 0.6 is 0 Å². The lowest BCUT2D eigenvalue weighted by atomic mass is 9.96. The van der Waals surface area contributed by atoms with Gasteiger partial charge in [-0.2, -0.15) is 0 Å². The van der Waals surface area contributed by atoms with E-state index in [9.17, 15) is 63.6 Å². The lowest BCUT2D eigenvalue weighted by Gasteiger charge is -2.32. The molecular weight excluding hydrogens is 1560 g/mol. The van der Waals surface area contributed by atoms with Crippen molar-refractivity contribution in [2.24, 2.45) is 29.0 Å². The Hall–Kier alpha value is -12.7. The molecule has 6 aromatic rings. The number of likely N-dealkylation sites (tertiary alicyclic amines) is 2. The molecule has 3 aromatic carbocycles. The molecule has 40 heteroatoms. The van der Waals surface area contributed by atoms with Gasteiger partial charge in [-0.15, -0.1) is 0 Å². The molecule has 2 fully saturated rings. The number of carbonyl (C=O) groups excluding carboxylic acids is 12. The zero-order valence-electron chi connectivity index (χ0n) is 67.7. The van der Waals surface area contributed by atoms with E-state index in [-0.39, 0.29) is 139 Å². The Morgan fingerprint density at radius 1 is 0.525 bits per heavy atom. The lowest BCUT2D eigenvalue weighted by Crippen LogP contribution is -2.62. The number of phenolic OH excluding ortho intramolecular Hbond substituents is 1. The molecular formula is C80H113N23O17. The van der Waals surface area contributed by atoms with E-state index in [1.165, 1.54) is 53.5 Å². The lowest BCUT2D eigenvalue weighted by molar-refractivity contribution is -0.143. The molecule has 14 atom stereocenters. The molecule has 0 bridgehead atoms. The number of fused-ring (bicyclic) bond motifs is 2. The number of H-pyrrole nitrogens is 3. The van der Waals surface area contributed by atoms with Gasteiger partial charge in [-0.25, -0.2) is 9.78 Å². The molecule has 2 aliphatic heterocycles. The molecule has 0 aliphatic carbocycles. The minimum Gasteiger partial charge on any atom is -0.508 e. The molecule has 40 nitrogen and oxygen atoms in total. The minimum atomic E-state index is -1.63. The molecule has 0 spiro atoms. The average molecular weight is 1670 g/mol. The summed E-state index contributed by atoms with van der Waals surface area (Å²) in [6, 6.07) is 1.73. The van der Waals surface area contributed by atoms with E-state index < -0.39 is 175 Å². The number of rotatable bonds is 45. The average Bonchev–Trinajstić information content (AvgIpc) is 1.65. The number of para-hydroxylation sites is 2. The fourth-order valence-corrected chi connectivity index (χ4v) is 14.4. The first-order valence-electron chi connectivity index (χ1n) is 40.1. The van der Waals surface area contributed by atoms with Gasteiger partial charge in [-0.3, -0.25) is 68.4 Å². The third-order valence-electron chi connectivity index (χ3n) is 21.2. The number of imidazole rings is 1. The molecule has 650 valence electrons. The molecule has 8 rings (SSSR count). The van der Waals surface area contributed by atoms with Gasteiger partial charge in [0.05, 0.1) is 25.2 Å². The third-order valence-corrected chi connectivity index (χ3v) is 21.2. The molecule has 120 heavy (non-hydrogen) atoms. The Kier molecular flexibility index (Phi) is 34.6. The fraction of sp³-hybridized carbons (Fsp3) is 0.500. The van der Waals surface area contributed by atoms with Crippen LogP contribution < -0.4 is 81.0 Å². The van der Waals surface area contributed by atoms with Crippen molar-refractivity contribution in [2.75, 3.05) is 39.4 Å². The van der Waals surface area contributed by atoms with Crippen molar-refractivity contribution in [3.05, 3.63) is 120 Å². The van der Waals surface area contributed by atoms with E-state index in [4.69, 9.17) is 28.0 Å². The van der Waals surface area contributed by atoms with Gasteiger partial charge in [-0.1, -0.05) is 82.6 Å². The number of aliphatic carboxylic acids is 1. The Balaban J connectivity index is 1.02. The summed E-state index contributed by atoms with van der Waals surface area (Å²) >= 11 is 0. The van der Waals surface area contributed by atoms with Crippen LogP contribution in [0.4, 0.5) is 0 Å². The van der Waals surface area contributed by atoms with Crippen LogP contribution in [-0.2, 0) is 88.0 Å². The first kappa shape index (κ1) is 92.8. The number of aliphatic hydroxyl groups excluding tert-OH is 2. The SMILES string of the molecule is CC[C@H](C)[C@H](NC(=O)[C@H](CC(C)C)NC(=O)[C@@H]1CCCN1C(=O)[C@H](Cc1ccc(O)cc1)NC(=O)[C@H](CO)NC(=O)[C@@H](N)CO)C(=O)N[C@@H](Cc1c[nH]cn1)C(=O)N[C@@H](Cc1c[nH]c2ccccc12)C(=O)N[C@@H](CCCNC(=N)N)C(=O)N1CCC[C@H]1C(=O)N[C@@H](Cc1c[nH]c2ccccc12)C(=O)N[C@@H](C)C(=O)N[C@@H](CCCNC(=N)N)C(=O)O. The highest BCUT2D eigenvalue weighted by Gasteiger charge is 2.44. The monoisotopic (exact) mass is 1670 g/mol. The highest BCUT2D eigenvalue weighted by Crippen LogP contribution is 2.26. The maximum Gasteiger partial charge on any atom is 0.326 e. The van der Waals surface area contributed by atoms with Crippen LogP contribution in [0, 0.1) is 22.7 Å². The van der Waals surface area contributed by atoms with E-state index in [1.807, 2.05) is 6.07 Å². The summed E-state index contributed by atoms with van der Waals surface area (Å²) in [7, 11) is 0. The number of carbonyl (C=O) groups is 13. The standard InChI is InChI=1S/C80H113N23O17/c1-6-43(4)65(101-71(112)57(31-42(2)3)96-73(114)64-22-14-30-103(64)77(118)61(32-45-23-25-49(106)26-24-45)99-72(113)62(40-105)100-67(108)52(81)39-104)75(116)98-60(35-48-38-86-41-91-48)70(111)95-59(34-47-37-90-54-18-10-8-16-51(47)54)69(110)93-55(19-11-27-87-79(82)83)76(117)102-29-13-21-63(102)74(115)97-58(33-46-36-89-53-17-9-7-15-50(46)53)68(109)92-44(5)66(107)94-56(78(119)120)20-12-28-88-80(84)85/h7-10,15-18,23-26,36-38,41-44,52,55-65,89-90,104-106H,6,11-14,19-22,27-35,39-40,81H2,1-5H3,(H,86,91)(H,92,109)(H,93,110)(H,94,107)(H,95,111)(H,96,114)(H,97,115)(H,98,116)(H,99,113)(H,100,108)(H,101,112)(H,119,120)(H4,82,83,87)(H4,84,85,88)/t43-,44-,52-,55-,56-,57-,58-,59-,60-,61-,62-,63-,64-,65-/m0/s1. The quantitative estimate of drug-likeness (QED) is 0.0104. The van der Waals surface area contributed by atoms with E-state index >= 15 is 19.2 Å². The summed E-state index contributed by atoms with van der Waals surface area (Å²) in [6.45, 7) is 6.89. The maximum absolute atomic E-state index is 15.5. The number of nitrogens with two attached hydrogens (primary N) is 3. The van der Waals surface area contributed by atoms with Crippen molar-refractivity contribution < 1.29 is 82.8 Å². The van der Waals surface area contributed by atoms with Crippen LogP contribution in [0.5, 0.6) is 5.75 Å². The van der Waals surface area contributed by atoms with Crippen molar-refractivity contribution in [1.82, 2.24) is 93.5 Å². The molecule has 0 radical (unpaired) electrons. The van der Waals surface area contributed by atoms with Crippen molar-refractivity contribution in [3.8, 4) is 5.75 Å². The number of aromatic hydroxyl groups is 1. The second-order valence-corrected chi connectivity index (χ2v) is 30.6. The van der Waals surface area contributed by atoms with Crippen LogP contribution in [0.2, 0.25) is 0 Å². The third kappa shape index (κ3) is 26.4. The van der Waals surface area contributed by atoms with E-state index in [1.54, 1.807) is 82.6 Å². The van der Waals surface area contributed by atoms with Crippen LogP contribution in [0.3, 0.4) is 0 Å². The normalized spacial score (nSPS) is 16.9. The van der Waals surface area contributed by atoms with E-state index in [2.05, 4.69) is 83.7 Å². The van der Waals surface area contributed by atoms with Crippen LogP contribution in [0.1, 0.15) is 121 Å². The predicted octanol–water partition coefficient (Wildman–Crippen LogP) is -2.79. The number of nitrogens with zero attached hydrogens (tertiary/aromatic N) is 3. The summed E-state index contributed by atoms with van der Waals surface area (Å²) in [5, 5.41) is 88.3. The number of phenols is 1. The van der Waals surface area contributed by atoms with Gasteiger partial charge in [0.1, 0.15) is 84.3 Å². The maximum atomic E-state index is 15.5. The number of hydrogen-bond donors (Lipinski definition) is 24. The predicted molar refractivity (Wildman–Crippen MR) is 440 cm³/mol. The number of guanidine groups is 2. The molecule has 27 N–H and O–H groups in total. The van der Waals surface area contributed by atoms with Gasteiger partial charge >= 0.3 is 5.97 Å². The Bertz CT molecular complexity index is 4570. The molecule has 12 amide bonds. The summed E-state index contributed by atoms with van der Waals surface area (Å²) < 4.78 is 0. The number of hydrogen-bond acceptors (Lipinski definition) is 20. The summed E-state index contributed by atoms with van der Waals surface area (Å²) in [6.07, 6.45) is 6.54. The minimum absolute atomic E-state index is 0.00306. The van der Waals surface area contributed by atoms with Gasteiger partial charge in [-0.05, 0) is 118 Å². The number of carboxylic acids is 1. The molecule has 2 aliphatic rings. The highest BCUT2D eigenvalue weighted by atomic mass is 16.4. The fourth-order valence-electron chi connectivity index (χ4n) is 14.4. The van der Waals surface area contributed by atoms with Crippen molar-refractivity contribution in [1.29, 1.82) is 10.8 Å². The molecule has 0 saturated carbocycles. The first-order chi connectivity index (χ1) is 57.3. The van der Waals surface area contributed by atoms with Crippen LogP contribution in [-0.4, -0.2) is 257 Å². The van der Waals surface area contributed by atoms with Crippen LogP contribution in [0.25, 0.3) is 21.8 Å². The number of carboxylic acid groups (broad SMARTS) is 1. The van der Waals surface area contributed by atoms with Crippen molar-refractivity contribution in [3.63, 3.8) is 0 Å². The number of aliphatic hydroxyl groups is 2. The van der Waals surface area contributed by atoms with Gasteiger partial charge in [0.2, 0.25) is 70.9 Å². The van der Waals surface area contributed by atoms with Gasteiger partial charge < -0.3 is 126 Å². The Labute approximate surface area is 692 Å².